The maximum absolute atomic E-state index is 13.7. The van der Waals surface area contributed by atoms with Gasteiger partial charge in [0.25, 0.3) is 0 Å². The minimum Gasteiger partial charge on any atom is -0.481 e. The van der Waals surface area contributed by atoms with Gasteiger partial charge in [0.1, 0.15) is 17.7 Å². The van der Waals surface area contributed by atoms with Gasteiger partial charge in [-0.25, -0.2) is 13.8 Å². The van der Waals surface area contributed by atoms with E-state index >= 15 is 0 Å². The summed E-state index contributed by atoms with van der Waals surface area (Å²) in [5.41, 5.74) is 1.90. The number of pyridine rings is 2. The van der Waals surface area contributed by atoms with Gasteiger partial charge in [0, 0.05) is 36.0 Å². The van der Waals surface area contributed by atoms with E-state index in [1.54, 1.807) is 36.5 Å². The molecule has 1 aliphatic carbocycles. The molecule has 0 radical (unpaired) electrons. The second-order valence-corrected chi connectivity index (χ2v) is 8.65. The maximum Gasteiger partial charge on any atom is 0.213 e. The average Bonchev–Trinajstić information content (AvgIpc) is 2.87. The molecule has 1 saturated carbocycles. The molecule has 34 heavy (non-hydrogen) atoms. The van der Waals surface area contributed by atoms with Crippen LogP contribution in [0.3, 0.4) is 0 Å². The van der Waals surface area contributed by atoms with Crippen LogP contribution in [-0.4, -0.2) is 46.0 Å². The van der Waals surface area contributed by atoms with Crippen molar-refractivity contribution in [1.82, 2.24) is 15.3 Å². The van der Waals surface area contributed by atoms with E-state index in [0.29, 0.717) is 29.0 Å². The molecule has 8 heteroatoms. The average molecular weight is 470 g/mol. The lowest BCUT2D eigenvalue weighted by molar-refractivity contribution is -0.0300. The molecule has 0 aliphatic heterocycles. The van der Waals surface area contributed by atoms with Crippen LogP contribution in [0.1, 0.15) is 42.9 Å². The molecule has 4 rings (SSSR count). The summed E-state index contributed by atoms with van der Waals surface area (Å²) in [4.78, 5) is 8.69. The molecule has 6 nitrogen and oxygen atoms in total. The number of aliphatic hydroxyl groups excluding tert-OH is 2. The van der Waals surface area contributed by atoms with Crippen LogP contribution >= 0.6 is 0 Å². The lowest BCUT2D eigenvalue weighted by atomic mass is 9.80. The molecule has 0 spiro atoms. The van der Waals surface area contributed by atoms with Gasteiger partial charge in [-0.3, -0.25) is 4.98 Å². The number of aliphatic hydroxyl groups is 2. The number of rotatable bonds is 8. The molecule has 2 atom stereocenters. The molecule has 180 valence electrons. The van der Waals surface area contributed by atoms with Gasteiger partial charge in [0.05, 0.1) is 24.2 Å². The van der Waals surface area contributed by atoms with Crippen molar-refractivity contribution in [3.05, 3.63) is 71.4 Å². The zero-order valence-electron chi connectivity index (χ0n) is 19.0. The minimum atomic E-state index is -1.08. The number of hydrogen-bond acceptors (Lipinski definition) is 6. The first kappa shape index (κ1) is 24.2. The van der Waals surface area contributed by atoms with Crippen LogP contribution < -0.4 is 10.1 Å². The lowest BCUT2D eigenvalue weighted by Crippen LogP contribution is -2.37. The molecule has 1 fully saturated rings. The monoisotopic (exact) mass is 469 g/mol. The SMILES string of the molecule is COc1ccc2nccc([C@@H](O)[C@H](O)C3CCC(NC/C=C/c4cc(F)ccc4F)CC3)c2n1. The molecule has 2 aromatic heterocycles. The molecule has 0 unspecified atom stereocenters. The van der Waals surface area contributed by atoms with Crippen molar-refractivity contribution in [1.29, 1.82) is 0 Å². The predicted molar refractivity (Wildman–Crippen MR) is 126 cm³/mol. The van der Waals surface area contributed by atoms with Crippen molar-refractivity contribution in [2.45, 2.75) is 43.9 Å². The number of methoxy groups -OCH3 is 1. The van der Waals surface area contributed by atoms with E-state index in [-0.39, 0.29) is 17.5 Å². The summed E-state index contributed by atoms with van der Waals surface area (Å²) in [7, 11) is 1.53. The Morgan fingerprint density at radius 2 is 1.91 bits per heavy atom. The van der Waals surface area contributed by atoms with Crippen molar-refractivity contribution >= 4 is 17.1 Å². The van der Waals surface area contributed by atoms with Crippen LogP contribution in [0.2, 0.25) is 0 Å². The summed E-state index contributed by atoms with van der Waals surface area (Å²) in [5, 5.41) is 25.3. The summed E-state index contributed by atoms with van der Waals surface area (Å²) in [6.45, 7) is 0.535. The van der Waals surface area contributed by atoms with Crippen molar-refractivity contribution in [2.75, 3.05) is 13.7 Å². The first-order valence-corrected chi connectivity index (χ1v) is 11.5. The molecule has 0 bridgehead atoms. The van der Waals surface area contributed by atoms with E-state index in [4.69, 9.17) is 4.74 Å². The summed E-state index contributed by atoms with van der Waals surface area (Å²) >= 11 is 0. The molecular formula is C26H29F2N3O3. The fourth-order valence-electron chi connectivity index (χ4n) is 4.55. The number of halogens is 2. The highest BCUT2D eigenvalue weighted by atomic mass is 19.1. The number of nitrogens with one attached hydrogen (secondary N) is 1. The van der Waals surface area contributed by atoms with Gasteiger partial charge in [-0.1, -0.05) is 12.2 Å². The van der Waals surface area contributed by atoms with Gasteiger partial charge < -0.3 is 20.3 Å². The highest BCUT2D eigenvalue weighted by molar-refractivity contribution is 5.78. The first-order chi connectivity index (χ1) is 16.5. The molecule has 3 N–H and O–H groups in total. The van der Waals surface area contributed by atoms with Gasteiger partial charge >= 0.3 is 0 Å². The molecule has 0 amide bonds. The smallest absolute Gasteiger partial charge is 0.213 e. The van der Waals surface area contributed by atoms with Crippen molar-refractivity contribution < 1.29 is 23.7 Å². The first-order valence-electron chi connectivity index (χ1n) is 11.5. The van der Waals surface area contributed by atoms with Crippen molar-refractivity contribution in [3.8, 4) is 5.88 Å². The molecule has 1 aliphatic rings. The summed E-state index contributed by atoms with van der Waals surface area (Å²) in [6, 6.07) is 8.81. The second-order valence-electron chi connectivity index (χ2n) is 8.65. The van der Waals surface area contributed by atoms with Gasteiger partial charge in [-0.15, -0.1) is 0 Å². The fraction of sp³-hybridized carbons (Fsp3) is 0.385. The minimum absolute atomic E-state index is 0.0428. The highest BCUT2D eigenvalue weighted by Gasteiger charge is 2.32. The van der Waals surface area contributed by atoms with Crippen LogP contribution in [-0.2, 0) is 0 Å². The lowest BCUT2D eigenvalue weighted by Gasteiger charge is -2.34. The molecule has 3 aromatic rings. The third kappa shape index (κ3) is 5.58. The molecule has 0 saturated heterocycles. The number of nitrogens with zero attached hydrogens (tertiary/aromatic N) is 2. The number of hydrogen-bond donors (Lipinski definition) is 3. The Balaban J connectivity index is 1.31. The topological polar surface area (TPSA) is 87.5 Å². The third-order valence-electron chi connectivity index (χ3n) is 6.48. The third-order valence-corrected chi connectivity index (χ3v) is 6.48. The van der Waals surface area contributed by atoms with Crippen LogP contribution in [0.4, 0.5) is 8.78 Å². The quantitative estimate of drug-likeness (QED) is 0.459. The van der Waals surface area contributed by atoms with Gasteiger partial charge in [0.2, 0.25) is 5.88 Å². The Morgan fingerprint density at radius 3 is 2.68 bits per heavy atom. The Kier molecular flexibility index (Phi) is 7.82. The summed E-state index contributed by atoms with van der Waals surface area (Å²) < 4.78 is 32.1. The maximum atomic E-state index is 13.7. The van der Waals surface area contributed by atoms with Gasteiger partial charge in [-0.2, -0.15) is 0 Å². The highest BCUT2D eigenvalue weighted by Crippen LogP contribution is 2.34. The van der Waals surface area contributed by atoms with E-state index in [2.05, 4.69) is 15.3 Å². The standard InChI is InChI=1S/C26H29F2N3O3/c1-34-23-11-10-22-24(31-23)20(12-14-30-22)26(33)25(32)16-4-7-19(8-5-16)29-13-2-3-17-15-18(27)6-9-21(17)28/h2-3,6,9-12,14-16,19,25-26,29,32-33H,4-5,7-8,13H2,1H3/b3-2+/t16?,19?,25-,26-/m1/s1. The molecule has 1 aromatic carbocycles. The van der Waals surface area contributed by atoms with E-state index in [1.807, 2.05) is 0 Å². The number of ether oxygens (including phenoxy) is 1. The Bertz CT molecular complexity index is 1150. The summed E-state index contributed by atoms with van der Waals surface area (Å²) in [5.74, 6) is -0.549. The second kappa shape index (κ2) is 11.0. The van der Waals surface area contributed by atoms with Crippen LogP contribution in [0.5, 0.6) is 5.88 Å². The molecular weight excluding hydrogens is 440 g/mol. The van der Waals surface area contributed by atoms with E-state index in [1.165, 1.54) is 13.2 Å². The fourth-order valence-corrected chi connectivity index (χ4v) is 4.55. The number of fused-ring (bicyclic) bond motifs is 1. The Morgan fingerprint density at radius 1 is 1.12 bits per heavy atom. The zero-order valence-corrected chi connectivity index (χ0v) is 19.0. The number of aromatic nitrogens is 2. The van der Waals surface area contributed by atoms with Crippen LogP contribution in [0, 0.1) is 17.6 Å². The Hall–Kier alpha value is -2.94. The van der Waals surface area contributed by atoms with E-state index in [0.717, 1.165) is 37.8 Å². The normalized spacial score (nSPS) is 20.5. The van der Waals surface area contributed by atoms with Gasteiger partial charge in [0.15, 0.2) is 0 Å². The van der Waals surface area contributed by atoms with E-state index < -0.39 is 23.8 Å². The van der Waals surface area contributed by atoms with Gasteiger partial charge in [-0.05, 0) is 61.9 Å². The largest absolute Gasteiger partial charge is 0.481 e. The van der Waals surface area contributed by atoms with Crippen molar-refractivity contribution in [3.63, 3.8) is 0 Å². The van der Waals surface area contributed by atoms with Crippen LogP contribution in [0.25, 0.3) is 17.1 Å². The summed E-state index contributed by atoms with van der Waals surface area (Å²) in [6.07, 6.45) is 6.16. The Labute approximate surface area is 197 Å². The molecule has 2 heterocycles. The zero-order chi connectivity index (χ0) is 24.1. The van der Waals surface area contributed by atoms with Crippen LogP contribution in [0.15, 0.2) is 48.7 Å². The predicted octanol–water partition coefficient (Wildman–Crippen LogP) is 4.17. The van der Waals surface area contributed by atoms with E-state index in [9.17, 15) is 19.0 Å². The number of benzene rings is 1. The van der Waals surface area contributed by atoms with Crippen molar-refractivity contribution in [2.24, 2.45) is 5.92 Å².